The molecule has 1 aromatic carbocycles. The summed E-state index contributed by atoms with van der Waals surface area (Å²) in [7, 11) is 0. The van der Waals surface area contributed by atoms with E-state index in [0.29, 0.717) is 24.5 Å². The summed E-state index contributed by atoms with van der Waals surface area (Å²) in [5.41, 5.74) is 1.76. The Morgan fingerprint density at radius 2 is 2.15 bits per heavy atom. The van der Waals surface area contributed by atoms with Crippen molar-refractivity contribution in [3.05, 3.63) is 53.5 Å². The standard InChI is InChI=1S/C16H19NO3/c1-12-5-3-6-14(11-12)20-9-4-8-17-16(18)15-7-10-19-13(15)2/h3,5-7,10-11H,4,8-9H2,1-2H3,(H,17,18). The number of nitrogens with one attached hydrogen (secondary N) is 1. The maximum absolute atomic E-state index is 11.8. The number of benzene rings is 1. The second-order valence-corrected chi connectivity index (χ2v) is 4.66. The largest absolute Gasteiger partial charge is 0.494 e. The molecule has 0 saturated heterocycles. The van der Waals surface area contributed by atoms with E-state index < -0.39 is 0 Å². The summed E-state index contributed by atoms with van der Waals surface area (Å²) in [4.78, 5) is 11.8. The molecule has 1 N–H and O–H groups in total. The van der Waals surface area contributed by atoms with E-state index in [9.17, 15) is 4.79 Å². The van der Waals surface area contributed by atoms with Crippen LogP contribution in [0.1, 0.15) is 28.1 Å². The van der Waals surface area contributed by atoms with Gasteiger partial charge in [0.1, 0.15) is 11.5 Å². The van der Waals surface area contributed by atoms with E-state index >= 15 is 0 Å². The van der Waals surface area contributed by atoms with Gasteiger partial charge in [0.2, 0.25) is 0 Å². The third-order valence-corrected chi connectivity index (χ3v) is 2.97. The van der Waals surface area contributed by atoms with Crippen LogP contribution in [0.15, 0.2) is 41.0 Å². The smallest absolute Gasteiger partial charge is 0.254 e. The fourth-order valence-electron chi connectivity index (χ4n) is 1.88. The molecular weight excluding hydrogens is 254 g/mol. The van der Waals surface area contributed by atoms with Crippen molar-refractivity contribution < 1.29 is 13.9 Å². The molecule has 0 aliphatic rings. The minimum atomic E-state index is -0.105. The summed E-state index contributed by atoms with van der Waals surface area (Å²) in [5.74, 6) is 1.40. The van der Waals surface area contributed by atoms with Crippen LogP contribution < -0.4 is 10.1 Å². The van der Waals surface area contributed by atoms with Crippen molar-refractivity contribution in [1.82, 2.24) is 5.32 Å². The predicted octanol–water partition coefficient (Wildman–Crippen LogP) is 3.10. The molecule has 0 spiro atoms. The van der Waals surface area contributed by atoms with Crippen LogP contribution in [0.4, 0.5) is 0 Å². The monoisotopic (exact) mass is 273 g/mol. The molecule has 1 heterocycles. The van der Waals surface area contributed by atoms with Gasteiger partial charge in [-0.3, -0.25) is 4.79 Å². The normalized spacial score (nSPS) is 10.3. The summed E-state index contributed by atoms with van der Waals surface area (Å²) in [6.45, 7) is 4.96. The van der Waals surface area contributed by atoms with Gasteiger partial charge in [-0.1, -0.05) is 12.1 Å². The maximum atomic E-state index is 11.8. The molecule has 1 aromatic heterocycles. The Morgan fingerprint density at radius 1 is 1.30 bits per heavy atom. The van der Waals surface area contributed by atoms with Gasteiger partial charge in [-0.05, 0) is 44.0 Å². The minimum Gasteiger partial charge on any atom is -0.494 e. The number of amides is 1. The molecule has 4 nitrogen and oxygen atoms in total. The zero-order valence-corrected chi connectivity index (χ0v) is 11.8. The van der Waals surface area contributed by atoms with Crippen molar-refractivity contribution in [1.29, 1.82) is 0 Å². The van der Waals surface area contributed by atoms with Crippen molar-refractivity contribution in [2.75, 3.05) is 13.2 Å². The lowest BCUT2D eigenvalue weighted by Gasteiger charge is -2.07. The second-order valence-electron chi connectivity index (χ2n) is 4.66. The molecule has 20 heavy (non-hydrogen) atoms. The van der Waals surface area contributed by atoms with Crippen molar-refractivity contribution in [2.24, 2.45) is 0 Å². The summed E-state index contributed by atoms with van der Waals surface area (Å²) in [6, 6.07) is 9.59. The Hall–Kier alpha value is -2.23. The van der Waals surface area contributed by atoms with Crippen LogP contribution >= 0.6 is 0 Å². The van der Waals surface area contributed by atoms with Gasteiger partial charge in [0.05, 0.1) is 18.4 Å². The first-order valence-corrected chi connectivity index (χ1v) is 6.68. The lowest BCUT2D eigenvalue weighted by molar-refractivity contribution is 0.0950. The number of rotatable bonds is 6. The van der Waals surface area contributed by atoms with E-state index in [2.05, 4.69) is 5.32 Å². The zero-order valence-electron chi connectivity index (χ0n) is 11.8. The molecular formula is C16H19NO3. The Balaban J connectivity index is 1.67. The molecule has 0 bridgehead atoms. The van der Waals surface area contributed by atoms with Gasteiger partial charge in [0.25, 0.3) is 5.91 Å². The van der Waals surface area contributed by atoms with E-state index in [1.807, 2.05) is 31.2 Å². The lowest BCUT2D eigenvalue weighted by Crippen LogP contribution is -2.25. The minimum absolute atomic E-state index is 0.105. The van der Waals surface area contributed by atoms with Crippen LogP contribution in [0.3, 0.4) is 0 Å². The summed E-state index contributed by atoms with van der Waals surface area (Å²) >= 11 is 0. The number of ether oxygens (including phenoxy) is 1. The van der Waals surface area contributed by atoms with Crippen LogP contribution in [0, 0.1) is 13.8 Å². The van der Waals surface area contributed by atoms with Gasteiger partial charge in [0.15, 0.2) is 0 Å². The molecule has 0 fully saturated rings. The highest BCUT2D eigenvalue weighted by molar-refractivity contribution is 5.94. The van der Waals surface area contributed by atoms with E-state index in [4.69, 9.17) is 9.15 Å². The van der Waals surface area contributed by atoms with Crippen molar-refractivity contribution in [2.45, 2.75) is 20.3 Å². The summed E-state index contributed by atoms with van der Waals surface area (Å²) in [6.07, 6.45) is 2.28. The first kappa shape index (κ1) is 14.2. The number of carbonyl (C=O) groups is 1. The summed E-state index contributed by atoms with van der Waals surface area (Å²) < 4.78 is 10.7. The number of carbonyl (C=O) groups excluding carboxylic acids is 1. The van der Waals surface area contributed by atoms with Crippen LogP contribution in [-0.4, -0.2) is 19.1 Å². The van der Waals surface area contributed by atoms with Crippen molar-refractivity contribution >= 4 is 5.91 Å². The first-order valence-electron chi connectivity index (χ1n) is 6.68. The highest BCUT2D eigenvalue weighted by Crippen LogP contribution is 2.12. The first-order chi connectivity index (χ1) is 9.66. The quantitative estimate of drug-likeness (QED) is 0.823. The van der Waals surface area contributed by atoms with Crippen molar-refractivity contribution in [3.63, 3.8) is 0 Å². The average Bonchev–Trinajstić information content (AvgIpc) is 2.84. The Labute approximate surface area is 118 Å². The molecule has 2 rings (SSSR count). The van der Waals surface area contributed by atoms with Gasteiger partial charge in [-0.25, -0.2) is 0 Å². The molecule has 0 aliphatic carbocycles. The third kappa shape index (κ3) is 3.88. The molecule has 0 saturated carbocycles. The number of hydrogen-bond donors (Lipinski definition) is 1. The fourth-order valence-corrected chi connectivity index (χ4v) is 1.88. The highest BCUT2D eigenvalue weighted by Gasteiger charge is 2.09. The lowest BCUT2D eigenvalue weighted by atomic mass is 10.2. The predicted molar refractivity (Wildman–Crippen MR) is 77.1 cm³/mol. The molecule has 0 atom stereocenters. The van der Waals surface area contributed by atoms with E-state index in [1.165, 1.54) is 11.8 Å². The van der Waals surface area contributed by atoms with Gasteiger partial charge >= 0.3 is 0 Å². The van der Waals surface area contributed by atoms with Crippen LogP contribution in [0.2, 0.25) is 0 Å². The van der Waals surface area contributed by atoms with Gasteiger partial charge in [-0.2, -0.15) is 0 Å². The van der Waals surface area contributed by atoms with Gasteiger partial charge < -0.3 is 14.5 Å². The topological polar surface area (TPSA) is 51.5 Å². The van der Waals surface area contributed by atoms with E-state index in [1.54, 1.807) is 13.0 Å². The third-order valence-electron chi connectivity index (χ3n) is 2.97. The molecule has 2 aromatic rings. The zero-order chi connectivity index (χ0) is 14.4. The van der Waals surface area contributed by atoms with Crippen LogP contribution in [0.5, 0.6) is 5.75 Å². The average molecular weight is 273 g/mol. The van der Waals surface area contributed by atoms with Gasteiger partial charge in [-0.15, -0.1) is 0 Å². The molecule has 1 amide bonds. The fraction of sp³-hybridized carbons (Fsp3) is 0.312. The summed E-state index contributed by atoms with van der Waals surface area (Å²) in [5, 5.41) is 2.84. The number of furan rings is 1. The Kier molecular flexibility index (Phi) is 4.82. The molecule has 4 heteroatoms. The molecule has 0 aliphatic heterocycles. The maximum Gasteiger partial charge on any atom is 0.254 e. The molecule has 106 valence electrons. The van der Waals surface area contributed by atoms with Crippen molar-refractivity contribution in [3.8, 4) is 5.75 Å². The van der Waals surface area contributed by atoms with E-state index in [-0.39, 0.29) is 5.91 Å². The highest BCUT2D eigenvalue weighted by atomic mass is 16.5. The Bertz CT molecular complexity index is 575. The van der Waals surface area contributed by atoms with E-state index in [0.717, 1.165) is 12.2 Å². The molecule has 0 unspecified atom stereocenters. The van der Waals surface area contributed by atoms with Crippen LogP contribution in [-0.2, 0) is 0 Å². The number of hydrogen-bond acceptors (Lipinski definition) is 3. The SMILES string of the molecule is Cc1cccc(OCCCNC(=O)c2ccoc2C)c1. The number of aryl methyl sites for hydroxylation is 2. The Morgan fingerprint density at radius 3 is 2.85 bits per heavy atom. The van der Waals surface area contributed by atoms with Gasteiger partial charge in [0, 0.05) is 6.54 Å². The second kappa shape index (κ2) is 6.80. The molecule has 0 radical (unpaired) electrons. The van der Waals surface area contributed by atoms with Crippen LogP contribution in [0.25, 0.3) is 0 Å².